The van der Waals surface area contributed by atoms with Gasteiger partial charge in [0.05, 0.1) is 0 Å². The molecule has 0 saturated carbocycles. The van der Waals surface area contributed by atoms with Crippen LogP contribution < -0.4 is 5.73 Å². The summed E-state index contributed by atoms with van der Waals surface area (Å²) < 4.78 is 12.5. The van der Waals surface area contributed by atoms with Crippen molar-refractivity contribution >= 4 is 12.4 Å². The summed E-state index contributed by atoms with van der Waals surface area (Å²) in [5, 5.41) is 0. The molecule has 1 aliphatic carbocycles. The molecule has 0 saturated heterocycles. The summed E-state index contributed by atoms with van der Waals surface area (Å²) >= 11 is 0. The summed E-state index contributed by atoms with van der Waals surface area (Å²) in [4.78, 5) is 0. The van der Waals surface area contributed by atoms with Gasteiger partial charge in [0.1, 0.15) is 5.82 Å². The van der Waals surface area contributed by atoms with Crippen molar-refractivity contribution in [3.8, 4) is 0 Å². The summed E-state index contributed by atoms with van der Waals surface area (Å²) in [6.45, 7) is 0. The van der Waals surface area contributed by atoms with E-state index in [0.717, 1.165) is 12.0 Å². The standard InChI is InChI=1S/C8H8FN.ClH/c9-6-2-1-5-3-8(10)7(5)4-6;/h1-2,4,8H,3,10H2;1H. The first-order valence-electron chi connectivity index (χ1n) is 3.31. The summed E-state index contributed by atoms with van der Waals surface area (Å²) in [5.74, 6) is -0.186. The summed E-state index contributed by atoms with van der Waals surface area (Å²) in [6, 6.07) is 4.87. The van der Waals surface area contributed by atoms with E-state index in [2.05, 4.69) is 0 Å². The van der Waals surface area contributed by atoms with E-state index >= 15 is 0 Å². The molecule has 1 atom stereocenters. The van der Waals surface area contributed by atoms with Gasteiger partial charge in [0, 0.05) is 6.04 Å². The molecular weight excluding hydrogens is 165 g/mol. The quantitative estimate of drug-likeness (QED) is 0.636. The second-order valence-corrected chi connectivity index (χ2v) is 2.65. The lowest BCUT2D eigenvalue weighted by Gasteiger charge is -2.26. The van der Waals surface area contributed by atoms with E-state index in [-0.39, 0.29) is 24.3 Å². The molecule has 0 fully saturated rings. The first-order valence-corrected chi connectivity index (χ1v) is 3.31. The summed E-state index contributed by atoms with van der Waals surface area (Å²) in [6.07, 6.45) is 0.898. The molecule has 1 nitrogen and oxygen atoms in total. The molecule has 0 spiro atoms. The molecule has 0 heterocycles. The Labute approximate surface area is 70.8 Å². The fourth-order valence-electron chi connectivity index (χ4n) is 1.31. The fraction of sp³-hybridized carbons (Fsp3) is 0.250. The van der Waals surface area contributed by atoms with Gasteiger partial charge >= 0.3 is 0 Å². The molecule has 1 aliphatic rings. The van der Waals surface area contributed by atoms with E-state index in [4.69, 9.17) is 5.73 Å². The Morgan fingerprint density at radius 1 is 1.45 bits per heavy atom. The largest absolute Gasteiger partial charge is 0.324 e. The van der Waals surface area contributed by atoms with Gasteiger partial charge in [-0.05, 0) is 29.7 Å². The Hall–Kier alpha value is -0.600. The minimum absolute atomic E-state index is 0. The van der Waals surface area contributed by atoms with Crippen LogP contribution in [0.5, 0.6) is 0 Å². The van der Waals surface area contributed by atoms with Gasteiger partial charge in [-0.15, -0.1) is 12.4 Å². The van der Waals surface area contributed by atoms with Crippen LogP contribution in [0.15, 0.2) is 18.2 Å². The highest BCUT2D eigenvalue weighted by molar-refractivity contribution is 5.85. The lowest BCUT2D eigenvalue weighted by molar-refractivity contribution is 0.591. The Bertz CT molecular complexity index is 275. The monoisotopic (exact) mass is 173 g/mol. The van der Waals surface area contributed by atoms with Crippen LogP contribution >= 0.6 is 12.4 Å². The van der Waals surface area contributed by atoms with Crippen molar-refractivity contribution in [2.45, 2.75) is 12.5 Å². The number of fused-ring (bicyclic) bond motifs is 1. The van der Waals surface area contributed by atoms with Crippen LogP contribution in [0.25, 0.3) is 0 Å². The van der Waals surface area contributed by atoms with Gasteiger partial charge in [-0.1, -0.05) is 6.07 Å². The van der Waals surface area contributed by atoms with E-state index in [9.17, 15) is 4.39 Å². The molecule has 1 unspecified atom stereocenters. The van der Waals surface area contributed by atoms with Crippen molar-refractivity contribution in [1.29, 1.82) is 0 Å². The second-order valence-electron chi connectivity index (χ2n) is 2.65. The average Bonchev–Trinajstić information content (AvgIpc) is 1.92. The molecule has 0 aliphatic heterocycles. The molecule has 0 bridgehead atoms. The molecule has 1 aromatic carbocycles. The lowest BCUT2D eigenvalue weighted by Crippen LogP contribution is -2.24. The Morgan fingerprint density at radius 2 is 2.18 bits per heavy atom. The van der Waals surface area contributed by atoms with Gasteiger partial charge in [0.2, 0.25) is 0 Å². The minimum Gasteiger partial charge on any atom is -0.324 e. The molecule has 3 heteroatoms. The zero-order valence-electron chi connectivity index (χ0n) is 5.88. The van der Waals surface area contributed by atoms with Gasteiger partial charge in [-0.2, -0.15) is 0 Å². The van der Waals surface area contributed by atoms with Gasteiger partial charge in [0.25, 0.3) is 0 Å². The van der Waals surface area contributed by atoms with Crippen molar-refractivity contribution in [2.75, 3.05) is 0 Å². The van der Waals surface area contributed by atoms with Crippen LogP contribution in [0, 0.1) is 5.82 Å². The molecule has 0 aromatic heterocycles. The smallest absolute Gasteiger partial charge is 0.123 e. The molecule has 0 radical (unpaired) electrons. The van der Waals surface area contributed by atoms with E-state index < -0.39 is 0 Å². The lowest BCUT2D eigenvalue weighted by atomic mass is 9.84. The highest BCUT2D eigenvalue weighted by Gasteiger charge is 2.21. The molecular formula is C8H9ClFN. The van der Waals surface area contributed by atoms with E-state index in [1.165, 1.54) is 17.7 Å². The van der Waals surface area contributed by atoms with Gasteiger partial charge in [-0.25, -0.2) is 4.39 Å². The zero-order chi connectivity index (χ0) is 7.14. The normalized spacial score (nSPS) is 19.6. The topological polar surface area (TPSA) is 26.0 Å². The number of halogens is 2. The maximum Gasteiger partial charge on any atom is 0.123 e. The fourth-order valence-corrected chi connectivity index (χ4v) is 1.31. The third-order valence-corrected chi connectivity index (χ3v) is 1.95. The SMILES string of the molecule is Cl.NC1Cc2ccc(F)cc21. The molecule has 1 aromatic rings. The van der Waals surface area contributed by atoms with Gasteiger partial charge in [-0.3, -0.25) is 0 Å². The molecule has 11 heavy (non-hydrogen) atoms. The van der Waals surface area contributed by atoms with Gasteiger partial charge < -0.3 is 5.73 Å². The second kappa shape index (κ2) is 2.80. The summed E-state index contributed by atoms with van der Waals surface area (Å²) in [5.41, 5.74) is 7.75. The van der Waals surface area contributed by atoms with Crippen LogP contribution in [0.2, 0.25) is 0 Å². The van der Waals surface area contributed by atoms with Crippen LogP contribution in [0.1, 0.15) is 17.2 Å². The maximum atomic E-state index is 12.5. The zero-order valence-corrected chi connectivity index (χ0v) is 6.70. The number of nitrogens with two attached hydrogens (primary N) is 1. The first-order chi connectivity index (χ1) is 4.77. The Balaban J connectivity index is 0.000000605. The third kappa shape index (κ3) is 1.24. The number of benzene rings is 1. The van der Waals surface area contributed by atoms with Crippen LogP contribution in [-0.2, 0) is 6.42 Å². The highest BCUT2D eigenvalue weighted by Crippen LogP contribution is 2.30. The molecule has 60 valence electrons. The van der Waals surface area contributed by atoms with Crippen LogP contribution in [-0.4, -0.2) is 0 Å². The molecule has 0 amide bonds. The van der Waals surface area contributed by atoms with E-state index in [1.54, 1.807) is 6.07 Å². The molecule has 2 rings (SSSR count). The predicted molar refractivity (Wildman–Crippen MR) is 44.3 cm³/mol. The van der Waals surface area contributed by atoms with Crippen molar-refractivity contribution in [1.82, 2.24) is 0 Å². The Kier molecular flexibility index (Phi) is 2.16. The van der Waals surface area contributed by atoms with Crippen molar-refractivity contribution in [3.05, 3.63) is 35.1 Å². The first kappa shape index (κ1) is 8.50. The summed E-state index contributed by atoms with van der Waals surface area (Å²) in [7, 11) is 0. The molecule has 2 N–H and O–H groups in total. The van der Waals surface area contributed by atoms with Gasteiger partial charge in [0.15, 0.2) is 0 Å². The van der Waals surface area contributed by atoms with Crippen molar-refractivity contribution < 1.29 is 4.39 Å². The third-order valence-electron chi connectivity index (χ3n) is 1.95. The maximum absolute atomic E-state index is 12.5. The Morgan fingerprint density at radius 3 is 2.73 bits per heavy atom. The predicted octanol–water partition coefficient (Wildman–Crippen LogP) is 1.80. The van der Waals surface area contributed by atoms with E-state index in [1.807, 2.05) is 0 Å². The highest BCUT2D eigenvalue weighted by atomic mass is 35.5. The number of hydrogen-bond donors (Lipinski definition) is 1. The van der Waals surface area contributed by atoms with Crippen LogP contribution in [0.3, 0.4) is 0 Å². The van der Waals surface area contributed by atoms with Crippen LogP contribution in [0.4, 0.5) is 4.39 Å². The number of hydrogen-bond acceptors (Lipinski definition) is 1. The van der Waals surface area contributed by atoms with Crippen molar-refractivity contribution in [2.24, 2.45) is 5.73 Å². The number of rotatable bonds is 0. The van der Waals surface area contributed by atoms with E-state index in [0.29, 0.717) is 0 Å². The van der Waals surface area contributed by atoms with Crippen molar-refractivity contribution in [3.63, 3.8) is 0 Å². The average molecular weight is 174 g/mol. The minimum atomic E-state index is -0.186.